The number of nitriles is 1. The third-order valence-electron chi connectivity index (χ3n) is 7.00. The molecule has 0 radical (unpaired) electrons. The molecule has 2 aromatic carbocycles. The summed E-state index contributed by atoms with van der Waals surface area (Å²) in [5, 5.41) is 40.0. The summed E-state index contributed by atoms with van der Waals surface area (Å²) >= 11 is 1.57. The highest BCUT2D eigenvalue weighted by molar-refractivity contribution is 7.15. The molecule has 0 amide bonds. The molecule has 1 unspecified atom stereocenters. The Bertz CT molecular complexity index is 1610. The molecule has 0 aliphatic carbocycles. The molecule has 186 valence electrons. The zero-order valence-electron chi connectivity index (χ0n) is 20.9. The number of aliphatic imine (C=N–C) groups is 1. The average Bonchev–Trinajstić information content (AvgIpc) is 3.37. The van der Waals surface area contributed by atoms with Crippen LogP contribution >= 0.6 is 11.3 Å². The average molecular weight is 512 g/mol. The van der Waals surface area contributed by atoms with E-state index < -0.39 is 17.6 Å². The number of carboxylic acid groups (broad SMARTS) is 1. The van der Waals surface area contributed by atoms with Crippen LogP contribution in [0.5, 0.6) is 0 Å². The topological polar surface area (TPSA) is 124 Å². The number of aryl methyl sites for hydroxylation is 2. The van der Waals surface area contributed by atoms with E-state index in [4.69, 9.17) is 4.99 Å². The molecular formula is C28H25N5O3S. The van der Waals surface area contributed by atoms with Crippen LogP contribution in [0.3, 0.4) is 0 Å². The summed E-state index contributed by atoms with van der Waals surface area (Å²) in [4.78, 5) is 18.3. The third kappa shape index (κ3) is 3.86. The lowest BCUT2D eigenvalue weighted by Gasteiger charge is -2.28. The molecule has 5 rings (SSSR count). The number of rotatable bonds is 5. The fourth-order valence-corrected chi connectivity index (χ4v) is 5.91. The maximum absolute atomic E-state index is 12.3. The van der Waals surface area contributed by atoms with E-state index in [-0.39, 0.29) is 6.42 Å². The van der Waals surface area contributed by atoms with E-state index in [1.54, 1.807) is 24.3 Å². The van der Waals surface area contributed by atoms with Crippen LogP contribution in [0.15, 0.2) is 53.5 Å². The van der Waals surface area contributed by atoms with Crippen LogP contribution in [0.1, 0.15) is 58.2 Å². The Hall–Kier alpha value is -4.13. The Morgan fingerprint density at radius 2 is 1.81 bits per heavy atom. The van der Waals surface area contributed by atoms with E-state index in [0.29, 0.717) is 22.9 Å². The highest BCUT2D eigenvalue weighted by Crippen LogP contribution is 2.42. The van der Waals surface area contributed by atoms with Crippen LogP contribution in [0.4, 0.5) is 0 Å². The molecule has 37 heavy (non-hydrogen) atoms. The van der Waals surface area contributed by atoms with E-state index in [2.05, 4.69) is 16.3 Å². The number of nitrogens with zero attached hydrogens (tertiary/aromatic N) is 5. The van der Waals surface area contributed by atoms with Crippen LogP contribution in [0.2, 0.25) is 0 Å². The highest BCUT2D eigenvalue weighted by Gasteiger charge is 2.48. The van der Waals surface area contributed by atoms with Gasteiger partial charge in [0.05, 0.1) is 17.3 Å². The van der Waals surface area contributed by atoms with E-state index in [9.17, 15) is 20.3 Å². The predicted molar refractivity (Wildman–Crippen MR) is 141 cm³/mol. The summed E-state index contributed by atoms with van der Waals surface area (Å²) in [6.45, 7) is 7.48. The second-order valence-corrected chi connectivity index (χ2v) is 10.3. The SMILES string of the molecule is CC[C@@](O)(C(=O)O)C1N=C(c2ccc(-c3cccc(C#N)c3)cc2)c2c(sc(C)c2C)-n2c(C)nnc21. The Labute approximate surface area is 218 Å². The number of hydrogen-bond acceptors (Lipinski definition) is 7. The minimum atomic E-state index is -2.17. The Balaban J connectivity index is 1.74. The molecule has 0 saturated carbocycles. The Kier molecular flexibility index (Phi) is 6.02. The van der Waals surface area contributed by atoms with Gasteiger partial charge in [-0.2, -0.15) is 5.26 Å². The van der Waals surface area contributed by atoms with Crippen LogP contribution in [0.25, 0.3) is 16.1 Å². The second kappa shape index (κ2) is 9.07. The monoisotopic (exact) mass is 511 g/mol. The molecule has 3 heterocycles. The smallest absolute Gasteiger partial charge is 0.338 e. The van der Waals surface area contributed by atoms with Crippen LogP contribution < -0.4 is 0 Å². The summed E-state index contributed by atoms with van der Waals surface area (Å²) in [7, 11) is 0. The molecule has 8 nitrogen and oxygen atoms in total. The number of carbonyl (C=O) groups is 1. The minimum absolute atomic E-state index is 0.0600. The third-order valence-corrected chi connectivity index (χ3v) is 8.20. The molecule has 4 aromatic rings. The molecule has 0 spiro atoms. The number of aromatic nitrogens is 3. The maximum atomic E-state index is 12.3. The summed E-state index contributed by atoms with van der Waals surface area (Å²) in [5.41, 5.74) is 3.55. The lowest BCUT2D eigenvalue weighted by Crippen LogP contribution is -2.44. The molecule has 2 N–H and O–H groups in total. The number of carboxylic acids is 1. The van der Waals surface area contributed by atoms with Crippen LogP contribution in [-0.2, 0) is 4.79 Å². The van der Waals surface area contributed by atoms with Gasteiger partial charge in [0.25, 0.3) is 0 Å². The summed E-state index contributed by atoms with van der Waals surface area (Å²) < 4.78 is 1.83. The molecule has 0 saturated heterocycles. The molecule has 2 atom stereocenters. The first-order valence-corrected chi connectivity index (χ1v) is 12.7. The number of aliphatic carboxylic acids is 1. The number of thiophene rings is 1. The van der Waals surface area contributed by atoms with Crippen molar-refractivity contribution in [2.75, 3.05) is 0 Å². The van der Waals surface area contributed by atoms with E-state index in [0.717, 1.165) is 37.7 Å². The van der Waals surface area contributed by atoms with Gasteiger partial charge >= 0.3 is 5.97 Å². The summed E-state index contributed by atoms with van der Waals surface area (Å²) in [6, 6.07) is 16.2. The molecule has 2 aromatic heterocycles. The second-order valence-electron chi connectivity index (χ2n) is 9.14. The van der Waals surface area contributed by atoms with Crippen LogP contribution in [0, 0.1) is 32.1 Å². The normalized spacial score (nSPS) is 16.1. The highest BCUT2D eigenvalue weighted by atomic mass is 32.1. The molecule has 1 aliphatic heterocycles. The predicted octanol–water partition coefficient (Wildman–Crippen LogP) is 4.91. The van der Waals surface area contributed by atoms with Gasteiger partial charge in [0.2, 0.25) is 0 Å². The zero-order valence-corrected chi connectivity index (χ0v) is 21.7. The van der Waals surface area contributed by atoms with Crippen molar-refractivity contribution in [3.05, 3.63) is 87.3 Å². The van der Waals surface area contributed by atoms with Crippen molar-refractivity contribution in [2.24, 2.45) is 4.99 Å². The number of fused-ring (bicyclic) bond motifs is 3. The number of aliphatic hydroxyl groups is 1. The van der Waals surface area contributed by atoms with E-state index in [1.165, 1.54) is 0 Å². The van der Waals surface area contributed by atoms with Crippen molar-refractivity contribution in [1.82, 2.24) is 14.8 Å². The molecule has 9 heteroatoms. The fraction of sp³-hybridized carbons (Fsp3) is 0.250. The minimum Gasteiger partial charge on any atom is -0.479 e. The van der Waals surface area contributed by atoms with Gasteiger partial charge in [0.15, 0.2) is 17.5 Å². The van der Waals surface area contributed by atoms with Crippen molar-refractivity contribution in [3.63, 3.8) is 0 Å². The van der Waals surface area contributed by atoms with Gasteiger partial charge in [-0.3, -0.25) is 9.56 Å². The van der Waals surface area contributed by atoms with E-state index >= 15 is 0 Å². The van der Waals surface area contributed by atoms with Crippen LogP contribution in [-0.4, -0.2) is 42.3 Å². The fourth-order valence-electron chi connectivity index (χ4n) is 4.69. The van der Waals surface area contributed by atoms with Crippen molar-refractivity contribution in [2.45, 2.75) is 45.8 Å². The van der Waals surface area contributed by atoms with Gasteiger partial charge in [-0.05, 0) is 56.0 Å². The first-order valence-electron chi connectivity index (χ1n) is 11.9. The Morgan fingerprint density at radius 3 is 2.46 bits per heavy atom. The first-order chi connectivity index (χ1) is 17.7. The van der Waals surface area contributed by atoms with Crippen molar-refractivity contribution >= 4 is 23.0 Å². The number of hydrogen-bond donors (Lipinski definition) is 2. The maximum Gasteiger partial charge on any atom is 0.338 e. The lowest BCUT2D eigenvalue weighted by molar-refractivity contribution is -0.161. The standard InChI is InChI=1S/C28H25N5O3S/c1-5-28(36,27(34)35)24-25-32-31-17(4)33(25)26-22(15(2)16(3)37-26)23(30-24)20-11-9-19(10-12-20)21-8-6-7-18(13-21)14-29/h6-13,24,36H,5H2,1-4H3,(H,34,35)/t24?,28-/m0/s1. The first kappa shape index (κ1) is 24.6. The van der Waals surface area contributed by atoms with Gasteiger partial charge in [-0.15, -0.1) is 21.5 Å². The largest absolute Gasteiger partial charge is 0.479 e. The zero-order chi connectivity index (χ0) is 26.5. The molecule has 1 aliphatic rings. The van der Waals surface area contributed by atoms with Crippen molar-refractivity contribution in [3.8, 4) is 22.2 Å². The lowest BCUT2D eigenvalue weighted by atomic mass is 9.90. The molecule has 0 fully saturated rings. The summed E-state index contributed by atoms with van der Waals surface area (Å²) in [6.07, 6.45) is -0.0600. The summed E-state index contributed by atoms with van der Waals surface area (Å²) in [5.74, 6) is -0.469. The van der Waals surface area contributed by atoms with Gasteiger partial charge < -0.3 is 10.2 Å². The van der Waals surface area contributed by atoms with E-state index in [1.807, 2.05) is 67.8 Å². The van der Waals surface area contributed by atoms with Crippen molar-refractivity contribution in [1.29, 1.82) is 5.26 Å². The van der Waals surface area contributed by atoms with Gasteiger partial charge in [0.1, 0.15) is 10.8 Å². The van der Waals surface area contributed by atoms with Gasteiger partial charge in [-0.1, -0.05) is 43.3 Å². The van der Waals surface area contributed by atoms with Crippen molar-refractivity contribution < 1.29 is 15.0 Å². The van der Waals surface area contributed by atoms with Gasteiger partial charge in [0, 0.05) is 16.0 Å². The quantitative estimate of drug-likeness (QED) is 0.392. The van der Waals surface area contributed by atoms with Gasteiger partial charge in [-0.25, -0.2) is 4.79 Å². The molecule has 0 bridgehead atoms. The number of benzene rings is 2. The molecular weight excluding hydrogens is 486 g/mol. The Morgan fingerprint density at radius 1 is 1.11 bits per heavy atom.